The molecule has 1 aliphatic rings. The van der Waals surface area contributed by atoms with Crippen LogP contribution in [0, 0.1) is 0 Å². The zero-order chi connectivity index (χ0) is 19.6. The van der Waals surface area contributed by atoms with E-state index in [-0.39, 0.29) is 11.2 Å². The zero-order valence-electron chi connectivity index (χ0n) is 16.0. The van der Waals surface area contributed by atoms with E-state index in [1.807, 2.05) is 78.1 Å². The van der Waals surface area contributed by atoms with Crippen molar-refractivity contribution in [2.24, 2.45) is 0 Å². The molecule has 0 unspecified atom stereocenters. The average Bonchev–Trinajstić information content (AvgIpc) is 3.17. The molecule has 28 heavy (non-hydrogen) atoms. The first-order chi connectivity index (χ1) is 13.5. The van der Waals surface area contributed by atoms with Crippen molar-refractivity contribution >= 4 is 5.69 Å². The first-order valence-corrected chi connectivity index (χ1v) is 9.24. The van der Waals surface area contributed by atoms with Crippen molar-refractivity contribution in [3.05, 3.63) is 96.6 Å². The standard InChI is InChI=1S/C23H23N3O2/c1-23(2,22-12-5-6-13-24-22)18-8-7-9-19(16-18)28-26-15-14-25(17-26)20-10-3-4-11-21(20)27/h3-16,27H,17H2,1-2H3. The van der Waals surface area contributed by atoms with Crippen LogP contribution in [0.15, 0.2) is 85.3 Å². The smallest absolute Gasteiger partial charge is 0.155 e. The summed E-state index contributed by atoms with van der Waals surface area (Å²) in [5.74, 6) is 0.999. The van der Waals surface area contributed by atoms with Crippen LogP contribution in [-0.2, 0) is 5.41 Å². The molecule has 1 aliphatic heterocycles. The SMILES string of the molecule is CC(C)(c1cccc(ON2C=CN(c3ccccc3O)C2)c1)c1ccccn1. The van der Waals surface area contributed by atoms with E-state index in [2.05, 4.69) is 24.9 Å². The van der Waals surface area contributed by atoms with E-state index in [0.29, 0.717) is 6.67 Å². The van der Waals surface area contributed by atoms with Crippen LogP contribution < -0.4 is 9.74 Å². The van der Waals surface area contributed by atoms with Crippen LogP contribution in [-0.4, -0.2) is 21.8 Å². The molecule has 5 heteroatoms. The number of para-hydroxylation sites is 2. The van der Waals surface area contributed by atoms with Gasteiger partial charge in [0.25, 0.3) is 0 Å². The number of hydrogen-bond acceptors (Lipinski definition) is 5. The Balaban J connectivity index is 1.49. The maximum Gasteiger partial charge on any atom is 0.155 e. The lowest BCUT2D eigenvalue weighted by Crippen LogP contribution is -2.28. The molecule has 0 saturated heterocycles. The highest BCUT2D eigenvalue weighted by Crippen LogP contribution is 2.33. The molecule has 2 aromatic carbocycles. The van der Waals surface area contributed by atoms with E-state index in [0.717, 1.165) is 22.7 Å². The third-order valence-electron chi connectivity index (χ3n) is 4.98. The number of hydrogen-bond donors (Lipinski definition) is 1. The molecule has 0 bridgehead atoms. The molecular weight excluding hydrogens is 350 g/mol. The minimum absolute atomic E-state index is 0.233. The fourth-order valence-corrected chi connectivity index (χ4v) is 3.28. The molecule has 0 amide bonds. The van der Waals surface area contributed by atoms with Gasteiger partial charge >= 0.3 is 0 Å². The maximum absolute atomic E-state index is 10.0. The first-order valence-electron chi connectivity index (χ1n) is 9.24. The molecule has 0 spiro atoms. The largest absolute Gasteiger partial charge is 0.506 e. The topological polar surface area (TPSA) is 48.8 Å². The van der Waals surface area contributed by atoms with E-state index in [1.54, 1.807) is 11.1 Å². The Kier molecular flexibility index (Phi) is 4.65. The Morgan fingerprint density at radius 1 is 0.964 bits per heavy atom. The van der Waals surface area contributed by atoms with Crippen molar-refractivity contribution in [1.29, 1.82) is 0 Å². The van der Waals surface area contributed by atoms with E-state index >= 15 is 0 Å². The van der Waals surface area contributed by atoms with Crippen LogP contribution in [0.4, 0.5) is 5.69 Å². The summed E-state index contributed by atoms with van der Waals surface area (Å²) in [4.78, 5) is 12.5. The normalized spacial score (nSPS) is 13.8. The van der Waals surface area contributed by atoms with Gasteiger partial charge < -0.3 is 14.8 Å². The Morgan fingerprint density at radius 3 is 2.57 bits per heavy atom. The Labute approximate surface area is 165 Å². The van der Waals surface area contributed by atoms with Gasteiger partial charge in [-0.25, -0.2) is 0 Å². The zero-order valence-corrected chi connectivity index (χ0v) is 16.0. The van der Waals surface area contributed by atoms with Crippen LogP contribution in [0.3, 0.4) is 0 Å². The number of rotatable bonds is 5. The van der Waals surface area contributed by atoms with Gasteiger partial charge in [-0.3, -0.25) is 4.98 Å². The van der Waals surface area contributed by atoms with E-state index < -0.39 is 0 Å². The third kappa shape index (κ3) is 3.51. The lowest BCUT2D eigenvalue weighted by molar-refractivity contribution is 0.00318. The average molecular weight is 373 g/mol. The molecule has 2 heterocycles. The number of aromatic nitrogens is 1. The minimum Gasteiger partial charge on any atom is -0.506 e. The molecule has 0 aliphatic carbocycles. The Bertz CT molecular complexity index is 986. The second kappa shape index (κ2) is 7.27. The first kappa shape index (κ1) is 17.9. The molecule has 0 radical (unpaired) electrons. The summed E-state index contributed by atoms with van der Waals surface area (Å²) in [5.41, 5.74) is 2.65. The Hall–Kier alpha value is -3.47. The van der Waals surface area contributed by atoms with Crippen molar-refractivity contribution in [3.63, 3.8) is 0 Å². The van der Waals surface area contributed by atoms with Gasteiger partial charge in [0.2, 0.25) is 0 Å². The molecule has 1 N–H and O–H groups in total. The van der Waals surface area contributed by atoms with Crippen LogP contribution in [0.25, 0.3) is 0 Å². The summed E-state index contributed by atoms with van der Waals surface area (Å²) in [6, 6.07) is 21.3. The van der Waals surface area contributed by atoms with Gasteiger partial charge in [0.15, 0.2) is 5.75 Å². The summed E-state index contributed by atoms with van der Waals surface area (Å²) >= 11 is 0. The monoisotopic (exact) mass is 373 g/mol. The molecule has 4 rings (SSSR count). The number of aromatic hydroxyl groups is 1. The van der Waals surface area contributed by atoms with Gasteiger partial charge in [0.05, 0.1) is 17.6 Å². The van der Waals surface area contributed by atoms with Crippen molar-refractivity contribution in [1.82, 2.24) is 10.0 Å². The van der Waals surface area contributed by atoms with Crippen LogP contribution in [0.1, 0.15) is 25.1 Å². The molecule has 1 aromatic heterocycles. The highest BCUT2D eigenvalue weighted by Gasteiger charge is 2.25. The summed E-state index contributed by atoms with van der Waals surface area (Å²) in [6.45, 7) is 4.81. The van der Waals surface area contributed by atoms with Crippen molar-refractivity contribution in [3.8, 4) is 11.5 Å². The van der Waals surface area contributed by atoms with Gasteiger partial charge in [0.1, 0.15) is 12.4 Å². The molecule has 3 aromatic rings. The molecule has 142 valence electrons. The molecular formula is C23H23N3O2. The molecule has 0 fully saturated rings. The second-order valence-corrected chi connectivity index (χ2v) is 7.27. The van der Waals surface area contributed by atoms with Gasteiger partial charge in [-0.15, -0.1) is 0 Å². The van der Waals surface area contributed by atoms with E-state index in [1.165, 1.54) is 0 Å². The third-order valence-corrected chi connectivity index (χ3v) is 4.98. The lowest BCUT2D eigenvalue weighted by Gasteiger charge is -2.26. The second-order valence-electron chi connectivity index (χ2n) is 7.27. The number of pyridine rings is 1. The lowest BCUT2D eigenvalue weighted by atomic mass is 9.81. The fourth-order valence-electron chi connectivity index (χ4n) is 3.28. The number of hydroxylamine groups is 2. The van der Waals surface area contributed by atoms with Gasteiger partial charge in [-0.05, 0) is 42.0 Å². The number of phenols is 1. The number of phenolic OH excluding ortho intramolecular Hbond substituents is 1. The summed E-state index contributed by atoms with van der Waals surface area (Å²) in [6.07, 6.45) is 5.56. The predicted molar refractivity (Wildman–Crippen MR) is 110 cm³/mol. The fraction of sp³-hybridized carbons (Fsp3) is 0.174. The predicted octanol–water partition coefficient (Wildman–Crippen LogP) is 4.66. The van der Waals surface area contributed by atoms with E-state index in [4.69, 9.17) is 4.84 Å². The molecule has 5 nitrogen and oxygen atoms in total. The summed E-state index contributed by atoms with van der Waals surface area (Å²) in [7, 11) is 0. The Morgan fingerprint density at radius 2 is 1.79 bits per heavy atom. The molecule has 0 saturated carbocycles. The quantitative estimate of drug-likeness (QED) is 0.705. The van der Waals surface area contributed by atoms with Gasteiger partial charge in [-0.1, -0.05) is 44.2 Å². The van der Waals surface area contributed by atoms with Gasteiger partial charge in [0, 0.05) is 17.8 Å². The van der Waals surface area contributed by atoms with Crippen LogP contribution >= 0.6 is 0 Å². The number of nitrogens with zero attached hydrogens (tertiary/aromatic N) is 3. The molecule has 0 atom stereocenters. The highest BCUT2D eigenvalue weighted by atomic mass is 16.7. The highest BCUT2D eigenvalue weighted by molar-refractivity contribution is 5.60. The van der Waals surface area contributed by atoms with Crippen LogP contribution in [0.5, 0.6) is 11.5 Å². The van der Waals surface area contributed by atoms with E-state index in [9.17, 15) is 5.11 Å². The van der Waals surface area contributed by atoms with Crippen molar-refractivity contribution in [2.75, 3.05) is 11.6 Å². The van der Waals surface area contributed by atoms with Crippen molar-refractivity contribution < 1.29 is 9.94 Å². The summed E-state index contributed by atoms with van der Waals surface area (Å²) in [5, 5.41) is 11.8. The maximum atomic E-state index is 10.0. The number of anilines is 1. The van der Waals surface area contributed by atoms with Crippen LogP contribution in [0.2, 0.25) is 0 Å². The number of benzene rings is 2. The van der Waals surface area contributed by atoms with Crippen molar-refractivity contribution in [2.45, 2.75) is 19.3 Å². The van der Waals surface area contributed by atoms with Gasteiger partial charge in [-0.2, -0.15) is 5.06 Å². The minimum atomic E-state index is -0.233. The summed E-state index contributed by atoms with van der Waals surface area (Å²) < 4.78 is 0.